The van der Waals surface area contributed by atoms with Gasteiger partial charge in [-0.25, -0.2) is 4.98 Å². The third-order valence-electron chi connectivity index (χ3n) is 3.72. The molecule has 112 valence electrons. The molecule has 1 saturated carbocycles. The van der Waals surface area contributed by atoms with Gasteiger partial charge in [0.05, 0.1) is 11.8 Å². The predicted octanol–water partition coefficient (Wildman–Crippen LogP) is 3.20. The van der Waals surface area contributed by atoms with E-state index >= 15 is 0 Å². The number of nitrogens with zero attached hydrogens (tertiary/aromatic N) is 2. The summed E-state index contributed by atoms with van der Waals surface area (Å²) in [5.74, 6) is 1.07. The first-order valence-corrected chi connectivity index (χ1v) is 7.56. The molecule has 21 heavy (non-hydrogen) atoms. The SMILES string of the molecule is CN(Cc1coc(-c2cccc(Cl)c2)n1)CC(O)C1CC1. The molecule has 1 aliphatic rings. The lowest BCUT2D eigenvalue weighted by Crippen LogP contribution is -2.30. The average Bonchev–Trinajstić information content (AvgIpc) is 3.19. The van der Waals surface area contributed by atoms with Crippen molar-refractivity contribution in [3.05, 3.63) is 41.2 Å². The zero-order chi connectivity index (χ0) is 14.8. The molecule has 0 spiro atoms. The fraction of sp³-hybridized carbons (Fsp3) is 0.438. The highest BCUT2D eigenvalue weighted by atomic mass is 35.5. The van der Waals surface area contributed by atoms with Gasteiger partial charge in [-0.15, -0.1) is 0 Å². The van der Waals surface area contributed by atoms with Crippen molar-refractivity contribution in [2.45, 2.75) is 25.5 Å². The first-order valence-electron chi connectivity index (χ1n) is 7.19. The Bertz CT molecular complexity index is 610. The van der Waals surface area contributed by atoms with Crippen molar-refractivity contribution >= 4 is 11.6 Å². The van der Waals surface area contributed by atoms with E-state index in [4.69, 9.17) is 16.0 Å². The summed E-state index contributed by atoms with van der Waals surface area (Å²) in [5.41, 5.74) is 1.73. The second-order valence-electron chi connectivity index (χ2n) is 5.76. The standard InChI is InChI=1S/C16H19ClN2O2/c1-19(9-15(20)11-5-6-11)8-14-10-21-16(18-14)12-3-2-4-13(17)7-12/h2-4,7,10-11,15,20H,5-6,8-9H2,1H3. The molecule has 0 radical (unpaired) electrons. The number of halogens is 1. The van der Waals surface area contributed by atoms with E-state index in [0.29, 0.717) is 29.9 Å². The molecule has 1 aromatic heterocycles. The van der Waals surface area contributed by atoms with Gasteiger partial charge in [0, 0.05) is 23.7 Å². The third-order valence-corrected chi connectivity index (χ3v) is 3.96. The molecule has 0 saturated heterocycles. The molecular formula is C16H19ClN2O2. The van der Waals surface area contributed by atoms with Crippen LogP contribution in [0.25, 0.3) is 11.5 Å². The van der Waals surface area contributed by atoms with E-state index in [1.807, 2.05) is 31.3 Å². The summed E-state index contributed by atoms with van der Waals surface area (Å²) in [6, 6.07) is 7.45. The summed E-state index contributed by atoms with van der Waals surface area (Å²) in [4.78, 5) is 6.55. The lowest BCUT2D eigenvalue weighted by molar-refractivity contribution is 0.104. The van der Waals surface area contributed by atoms with E-state index in [1.54, 1.807) is 6.26 Å². The smallest absolute Gasteiger partial charge is 0.226 e. The Balaban J connectivity index is 1.62. The highest BCUT2D eigenvalue weighted by Gasteiger charge is 2.30. The molecule has 1 aromatic carbocycles. The number of likely N-dealkylation sites (N-methyl/N-ethyl adjacent to an activating group) is 1. The van der Waals surface area contributed by atoms with Crippen LogP contribution in [-0.2, 0) is 6.54 Å². The maximum atomic E-state index is 9.95. The number of oxazole rings is 1. The summed E-state index contributed by atoms with van der Waals surface area (Å²) >= 11 is 5.97. The van der Waals surface area contributed by atoms with Crippen molar-refractivity contribution in [1.29, 1.82) is 0 Å². The first-order chi connectivity index (χ1) is 10.1. The van der Waals surface area contributed by atoms with Crippen LogP contribution in [-0.4, -0.2) is 34.7 Å². The van der Waals surface area contributed by atoms with E-state index < -0.39 is 0 Å². The van der Waals surface area contributed by atoms with Gasteiger partial charge in [-0.05, 0) is 44.0 Å². The van der Waals surface area contributed by atoms with Gasteiger partial charge >= 0.3 is 0 Å². The molecule has 5 heteroatoms. The van der Waals surface area contributed by atoms with E-state index in [9.17, 15) is 5.11 Å². The Morgan fingerprint density at radius 3 is 3.00 bits per heavy atom. The third kappa shape index (κ3) is 3.84. The average molecular weight is 307 g/mol. The molecule has 0 bridgehead atoms. The van der Waals surface area contributed by atoms with Crippen LogP contribution in [0, 0.1) is 5.92 Å². The molecule has 0 amide bonds. The van der Waals surface area contributed by atoms with Gasteiger partial charge in [0.25, 0.3) is 0 Å². The van der Waals surface area contributed by atoms with Crippen LogP contribution in [0.15, 0.2) is 34.9 Å². The van der Waals surface area contributed by atoms with Crippen LogP contribution in [0.3, 0.4) is 0 Å². The molecule has 2 aromatic rings. The highest BCUT2D eigenvalue weighted by molar-refractivity contribution is 6.30. The Morgan fingerprint density at radius 2 is 2.29 bits per heavy atom. The van der Waals surface area contributed by atoms with Crippen molar-refractivity contribution in [3.63, 3.8) is 0 Å². The van der Waals surface area contributed by atoms with Crippen LogP contribution in [0.2, 0.25) is 5.02 Å². The second kappa shape index (κ2) is 6.18. The molecule has 1 aliphatic carbocycles. The Kier molecular flexibility index (Phi) is 4.29. The number of aliphatic hydroxyl groups is 1. The first kappa shape index (κ1) is 14.6. The maximum absolute atomic E-state index is 9.95. The summed E-state index contributed by atoms with van der Waals surface area (Å²) < 4.78 is 5.51. The van der Waals surface area contributed by atoms with Crippen LogP contribution >= 0.6 is 11.6 Å². The van der Waals surface area contributed by atoms with Crippen LogP contribution in [0.5, 0.6) is 0 Å². The van der Waals surface area contributed by atoms with Crippen molar-refractivity contribution in [1.82, 2.24) is 9.88 Å². The van der Waals surface area contributed by atoms with Crippen molar-refractivity contribution < 1.29 is 9.52 Å². The number of rotatable bonds is 6. The van der Waals surface area contributed by atoms with Gasteiger partial charge in [-0.2, -0.15) is 0 Å². The molecule has 3 rings (SSSR count). The number of hydrogen-bond acceptors (Lipinski definition) is 4. The highest BCUT2D eigenvalue weighted by Crippen LogP contribution is 2.32. The fourth-order valence-corrected chi connectivity index (χ4v) is 2.61. The minimum absolute atomic E-state index is 0.227. The van der Waals surface area contributed by atoms with Gasteiger partial charge in [-0.3, -0.25) is 4.90 Å². The summed E-state index contributed by atoms with van der Waals surface area (Å²) in [6.45, 7) is 1.33. The van der Waals surface area contributed by atoms with E-state index in [1.165, 1.54) is 0 Å². The second-order valence-corrected chi connectivity index (χ2v) is 6.19. The molecule has 1 N–H and O–H groups in total. The molecular weight excluding hydrogens is 288 g/mol. The summed E-state index contributed by atoms with van der Waals surface area (Å²) in [6.07, 6.45) is 3.74. The van der Waals surface area contributed by atoms with Gasteiger partial charge in [0.1, 0.15) is 6.26 Å². The van der Waals surface area contributed by atoms with Gasteiger partial charge in [-0.1, -0.05) is 17.7 Å². The predicted molar refractivity (Wildman–Crippen MR) is 82.0 cm³/mol. The summed E-state index contributed by atoms with van der Waals surface area (Å²) in [7, 11) is 1.99. The van der Waals surface area contributed by atoms with E-state index in [-0.39, 0.29) is 6.10 Å². The largest absolute Gasteiger partial charge is 0.444 e. The number of aliphatic hydroxyl groups excluding tert-OH is 1. The Labute approximate surface area is 129 Å². The van der Waals surface area contributed by atoms with Crippen LogP contribution in [0.1, 0.15) is 18.5 Å². The number of aromatic nitrogens is 1. The minimum Gasteiger partial charge on any atom is -0.444 e. The maximum Gasteiger partial charge on any atom is 0.226 e. The Hall–Kier alpha value is -1.36. The topological polar surface area (TPSA) is 49.5 Å². The lowest BCUT2D eigenvalue weighted by Gasteiger charge is -2.18. The monoisotopic (exact) mass is 306 g/mol. The van der Waals surface area contributed by atoms with Crippen LogP contribution < -0.4 is 0 Å². The van der Waals surface area contributed by atoms with Crippen molar-refractivity contribution in [3.8, 4) is 11.5 Å². The quantitative estimate of drug-likeness (QED) is 0.890. The molecule has 1 unspecified atom stereocenters. The van der Waals surface area contributed by atoms with Crippen LogP contribution in [0.4, 0.5) is 0 Å². The molecule has 1 atom stereocenters. The number of benzene rings is 1. The van der Waals surface area contributed by atoms with E-state index in [2.05, 4.69) is 9.88 Å². The van der Waals surface area contributed by atoms with E-state index in [0.717, 1.165) is 24.1 Å². The molecule has 1 heterocycles. The minimum atomic E-state index is -0.227. The zero-order valence-electron chi connectivity index (χ0n) is 12.0. The van der Waals surface area contributed by atoms with Gasteiger partial charge in [0.2, 0.25) is 5.89 Å². The number of hydrogen-bond donors (Lipinski definition) is 1. The van der Waals surface area contributed by atoms with Gasteiger partial charge in [0.15, 0.2) is 0 Å². The zero-order valence-corrected chi connectivity index (χ0v) is 12.8. The van der Waals surface area contributed by atoms with Crippen molar-refractivity contribution in [2.24, 2.45) is 5.92 Å². The van der Waals surface area contributed by atoms with Gasteiger partial charge < -0.3 is 9.52 Å². The molecule has 4 nitrogen and oxygen atoms in total. The summed E-state index contributed by atoms with van der Waals surface area (Å²) in [5, 5.41) is 10.6. The lowest BCUT2D eigenvalue weighted by atomic mass is 10.2. The Morgan fingerprint density at radius 1 is 1.48 bits per heavy atom. The molecule has 0 aliphatic heterocycles. The fourth-order valence-electron chi connectivity index (χ4n) is 2.42. The molecule has 1 fully saturated rings. The normalized spacial score (nSPS) is 16.4. The van der Waals surface area contributed by atoms with Crippen molar-refractivity contribution in [2.75, 3.05) is 13.6 Å².